The molecule has 0 aliphatic rings. The Kier molecular flexibility index (Phi) is 6.25. The van der Waals surface area contributed by atoms with Gasteiger partial charge in [0.15, 0.2) is 5.69 Å². The molecule has 0 N–H and O–H groups in total. The second kappa shape index (κ2) is 9.34. The van der Waals surface area contributed by atoms with Gasteiger partial charge in [-0.1, -0.05) is 17.7 Å². The highest BCUT2D eigenvalue weighted by Crippen LogP contribution is 2.34. The number of aromatic nitrogens is 5. The zero-order chi connectivity index (χ0) is 28.1. The molecule has 39 heavy (non-hydrogen) atoms. The van der Waals surface area contributed by atoms with Gasteiger partial charge in [0.05, 0.1) is 34.0 Å². The van der Waals surface area contributed by atoms with Crippen LogP contribution in [0.25, 0.3) is 22.3 Å². The third-order valence-electron chi connectivity index (χ3n) is 5.95. The van der Waals surface area contributed by atoms with Crippen molar-refractivity contribution < 1.29 is 26.3 Å². The van der Waals surface area contributed by atoms with Crippen LogP contribution in [0.1, 0.15) is 17.0 Å². The predicted octanol–water partition coefficient (Wildman–Crippen LogP) is 4.86. The van der Waals surface area contributed by atoms with Crippen molar-refractivity contribution in [2.24, 2.45) is 7.05 Å². The summed E-state index contributed by atoms with van der Waals surface area (Å²) in [6, 6.07) is 12.1. The van der Waals surface area contributed by atoms with Crippen molar-refractivity contribution in [3.63, 3.8) is 0 Å². The van der Waals surface area contributed by atoms with Crippen molar-refractivity contribution in [3.8, 4) is 22.9 Å². The Hall–Kier alpha value is -4.52. The summed E-state index contributed by atoms with van der Waals surface area (Å²) < 4.78 is 73.7. The first-order valence-corrected chi connectivity index (χ1v) is 12.9. The molecule has 0 aliphatic carbocycles. The number of halogens is 3. The van der Waals surface area contributed by atoms with Crippen molar-refractivity contribution in [2.75, 3.05) is 0 Å². The second-order valence-corrected chi connectivity index (χ2v) is 10.6. The molecule has 4 heterocycles. The van der Waals surface area contributed by atoms with Gasteiger partial charge in [-0.2, -0.15) is 13.2 Å². The molecular weight excluding hydrogens is 535 g/mol. The molecule has 0 aliphatic heterocycles. The van der Waals surface area contributed by atoms with Crippen molar-refractivity contribution in [2.45, 2.75) is 24.9 Å². The Morgan fingerprint density at radius 1 is 0.949 bits per heavy atom. The van der Waals surface area contributed by atoms with E-state index in [1.54, 1.807) is 19.1 Å². The van der Waals surface area contributed by atoms with E-state index in [-0.39, 0.29) is 33.3 Å². The molecule has 9 nitrogen and oxygen atoms in total. The number of alkyl halides is 3. The summed E-state index contributed by atoms with van der Waals surface area (Å²) in [5, 5.41) is 0. The van der Waals surface area contributed by atoms with Crippen LogP contribution in [-0.4, -0.2) is 31.9 Å². The first-order chi connectivity index (χ1) is 18.3. The predicted molar refractivity (Wildman–Crippen MR) is 136 cm³/mol. The first-order valence-electron chi connectivity index (χ1n) is 11.4. The molecule has 0 fully saturated rings. The average molecular weight is 556 g/mol. The van der Waals surface area contributed by atoms with Crippen LogP contribution >= 0.6 is 0 Å². The molecule has 0 unspecified atom stereocenters. The lowest BCUT2D eigenvalue weighted by atomic mass is 10.1. The van der Waals surface area contributed by atoms with Gasteiger partial charge in [-0.05, 0) is 32.0 Å². The summed E-state index contributed by atoms with van der Waals surface area (Å²) in [6.07, 6.45) is -1.86. The highest BCUT2D eigenvalue weighted by molar-refractivity contribution is 7.90. The summed E-state index contributed by atoms with van der Waals surface area (Å²) >= 11 is 0. The topological polar surface area (TPSA) is 109 Å². The highest BCUT2D eigenvalue weighted by atomic mass is 32.2. The number of hydrogen-bond acceptors (Lipinski definition) is 7. The van der Waals surface area contributed by atoms with E-state index in [2.05, 4.69) is 15.0 Å². The maximum absolute atomic E-state index is 13.6. The fourth-order valence-electron chi connectivity index (χ4n) is 4.05. The molecule has 5 rings (SSSR count). The fourth-order valence-corrected chi connectivity index (χ4v) is 5.40. The van der Waals surface area contributed by atoms with E-state index in [0.717, 1.165) is 15.7 Å². The molecule has 0 bridgehead atoms. The molecule has 0 spiro atoms. The lowest BCUT2D eigenvalue weighted by molar-refractivity contribution is -0.141. The van der Waals surface area contributed by atoms with Crippen LogP contribution in [0.2, 0.25) is 0 Å². The van der Waals surface area contributed by atoms with Gasteiger partial charge < -0.3 is 9.30 Å². The van der Waals surface area contributed by atoms with E-state index in [1.165, 1.54) is 54.2 Å². The van der Waals surface area contributed by atoms with Crippen LogP contribution in [0.5, 0.6) is 11.6 Å². The molecule has 0 saturated carbocycles. The van der Waals surface area contributed by atoms with E-state index < -0.39 is 21.9 Å². The van der Waals surface area contributed by atoms with Crippen molar-refractivity contribution in [3.05, 3.63) is 94.4 Å². The van der Waals surface area contributed by atoms with E-state index >= 15 is 0 Å². The molecule has 1 aromatic carbocycles. The fraction of sp³-hybridized carbons (Fsp3) is 0.154. The maximum Gasteiger partial charge on any atom is 0.434 e. The van der Waals surface area contributed by atoms with Crippen LogP contribution in [0.15, 0.2) is 76.8 Å². The van der Waals surface area contributed by atoms with E-state index in [1.807, 2.05) is 6.92 Å². The first kappa shape index (κ1) is 26.1. The van der Waals surface area contributed by atoms with Gasteiger partial charge in [-0.3, -0.25) is 9.78 Å². The van der Waals surface area contributed by atoms with Crippen LogP contribution in [0.4, 0.5) is 13.2 Å². The zero-order valence-electron chi connectivity index (χ0n) is 20.8. The SMILES string of the molecule is Cc1ccc(S(=O)(=O)n2cc(-c3cc(Oc4cnc(C(F)(F)F)cn4)cc(C)n3)c3c2ccc(=O)n3C)cc1. The Balaban J connectivity index is 1.64. The van der Waals surface area contributed by atoms with Gasteiger partial charge >= 0.3 is 6.18 Å². The van der Waals surface area contributed by atoms with E-state index in [0.29, 0.717) is 23.0 Å². The molecule has 5 aromatic rings. The largest absolute Gasteiger partial charge is 0.437 e. The van der Waals surface area contributed by atoms with Gasteiger partial charge in [0.1, 0.15) is 5.75 Å². The van der Waals surface area contributed by atoms with E-state index in [4.69, 9.17) is 4.74 Å². The lowest BCUT2D eigenvalue weighted by Gasteiger charge is -2.09. The number of nitrogens with zero attached hydrogens (tertiary/aromatic N) is 5. The highest BCUT2D eigenvalue weighted by Gasteiger charge is 2.33. The molecule has 0 amide bonds. The second-order valence-electron chi connectivity index (χ2n) is 8.79. The number of benzene rings is 1. The lowest BCUT2D eigenvalue weighted by Crippen LogP contribution is -2.17. The standard InChI is InChI=1S/C26H20F3N5O4S/c1-15-4-6-18(7-5-15)39(36,37)34-14-19(25-21(34)8-9-24(35)33(25)3)20-11-17(10-16(2)32-20)38-23-13-30-22(12-31-23)26(27,28)29/h4-14H,1-3H3. The van der Waals surface area contributed by atoms with Crippen LogP contribution in [-0.2, 0) is 23.2 Å². The van der Waals surface area contributed by atoms with Crippen molar-refractivity contribution in [1.29, 1.82) is 0 Å². The number of aryl methyl sites for hydroxylation is 3. The zero-order valence-corrected chi connectivity index (χ0v) is 21.6. The Labute approximate surface area is 220 Å². The van der Waals surface area contributed by atoms with Gasteiger partial charge in [0.2, 0.25) is 5.88 Å². The monoisotopic (exact) mass is 555 g/mol. The summed E-state index contributed by atoms with van der Waals surface area (Å²) in [6.45, 7) is 3.50. The third kappa shape index (κ3) is 4.88. The number of pyridine rings is 2. The number of rotatable bonds is 5. The average Bonchev–Trinajstić information content (AvgIpc) is 3.27. The maximum atomic E-state index is 13.6. The van der Waals surface area contributed by atoms with Crippen LogP contribution < -0.4 is 10.3 Å². The summed E-state index contributed by atoms with van der Waals surface area (Å²) in [4.78, 5) is 24.1. The van der Waals surface area contributed by atoms with Crippen LogP contribution in [0, 0.1) is 13.8 Å². The number of ether oxygens (including phenoxy) is 1. The molecule has 4 aromatic heterocycles. The Morgan fingerprint density at radius 2 is 1.67 bits per heavy atom. The minimum atomic E-state index is -4.64. The van der Waals surface area contributed by atoms with E-state index in [9.17, 15) is 26.4 Å². The number of hydrogen-bond donors (Lipinski definition) is 0. The number of fused-ring (bicyclic) bond motifs is 1. The third-order valence-corrected chi connectivity index (χ3v) is 7.64. The normalized spacial score (nSPS) is 12.2. The van der Waals surface area contributed by atoms with Gasteiger partial charge in [0.25, 0.3) is 15.6 Å². The summed E-state index contributed by atoms with van der Waals surface area (Å²) in [5.74, 6) is -0.00823. The molecule has 13 heteroatoms. The van der Waals surface area contributed by atoms with Gasteiger partial charge in [0, 0.05) is 42.7 Å². The van der Waals surface area contributed by atoms with Crippen molar-refractivity contribution in [1.82, 2.24) is 23.5 Å². The molecular formula is C26H20F3N5O4S. The van der Waals surface area contributed by atoms with Gasteiger partial charge in [-0.15, -0.1) is 0 Å². The Bertz CT molecular complexity index is 1880. The molecule has 0 saturated heterocycles. The minimum absolute atomic E-state index is 0.0625. The minimum Gasteiger partial charge on any atom is -0.437 e. The van der Waals surface area contributed by atoms with Gasteiger partial charge in [-0.25, -0.2) is 22.4 Å². The van der Waals surface area contributed by atoms with Crippen molar-refractivity contribution >= 4 is 21.1 Å². The summed E-state index contributed by atoms with van der Waals surface area (Å²) in [5.41, 5.74) is 1.00. The molecule has 0 atom stereocenters. The quantitative estimate of drug-likeness (QED) is 0.305. The van der Waals surface area contributed by atoms with Crippen LogP contribution in [0.3, 0.4) is 0 Å². The molecule has 200 valence electrons. The molecule has 0 radical (unpaired) electrons. The summed E-state index contributed by atoms with van der Waals surface area (Å²) in [7, 11) is -2.54. The Morgan fingerprint density at radius 3 is 2.31 bits per heavy atom. The smallest absolute Gasteiger partial charge is 0.434 e.